The maximum atomic E-state index is 12.8. The Morgan fingerprint density at radius 3 is 2.42 bits per heavy atom. The number of hydrogen-bond donors (Lipinski definition) is 1. The van der Waals surface area contributed by atoms with Gasteiger partial charge in [-0.3, -0.25) is 9.59 Å². The molecule has 1 N–H and O–H groups in total. The van der Waals surface area contributed by atoms with Gasteiger partial charge in [-0.1, -0.05) is 29.8 Å². The Hall–Kier alpha value is -2.72. The third-order valence-electron chi connectivity index (χ3n) is 5.25. The Morgan fingerprint density at radius 1 is 1.23 bits per heavy atom. The summed E-state index contributed by atoms with van der Waals surface area (Å²) in [5.41, 5.74) is 0.980. The Bertz CT molecular complexity index is 1020. The highest BCUT2D eigenvalue weighted by Crippen LogP contribution is 2.25. The number of sulfonamides is 1. The van der Waals surface area contributed by atoms with Crippen LogP contribution in [0.15, 0.2) is 39.8 Å². The van der Waals surface area contributed by atoms with Gasteiger partial charge in [-0.2, -0.15) is 4.31 Å². The molecule has 0 saturated carbocycles. The average Bonchev–Trinajstić information content (AvgIpc) is 3.16. The van der Waals surface area contributed by atoms with E-state index in [9.17, 15) is 18.0 Å². The van der Waals surface area contributed by atoms with E-state index in [0.29, 0.717) is 25.0 Å². The van der Waals surface area contributed by atoms with Gasteiger partial charge in [-0.15, -0.1) is 0 Å². The molecular formula is C21H27N3O6S. The van der Waals surface area contributed by atoms with Gasteiger partial charge in [0.25, 0.3) is 5.91 Å². The van der Waals surface area contributed by atoms with E-state index in [2.05, 4.69) is 10.5 Å². The van der Waals surface area contributed by atoms with E-state index in [4.69, 9.17) is 9.26 Å². The summed E-state index contributed by atoms with van der Waals surface area (Å²) < 4.78 is 37.3. The van der Waals surface area contributed by atoms with Gasteiger partial charge in [0.05, 0.1) is 10.8 Å². The summed E-state index contributed by atoms with van der Waals surface area (Å²) in [5, 5.41) is 6.26. The zero-order valence-corrected chi connectivity index (χ0v) is 18.6. The van der Waals surface area contributed by atoms with Crippen molar-refractivity contribution in [2.45, 2.75) is 51.0 Å². The van der Waals surface area contributed by atoms with Gasteiger partial charge < -0.3 is 14.6 Å². The topological polar surface area (TPSA) is 119 Å². The number of piperidine rings is 1. The van der Waals surface area contributed by atoms with E-state index in [0.717, 1.165) is 5.56 Å². The number of carbonyl (C=O) groups excluding carboxylic acids is 2. The molecule has 0 bridgehead atoms. The molecule has 1 aliphatic rings. The quantitative estimate of drug-likeness (QED) is 0.646. The van der Waals surface area contributed by atoms with Crippen molar-refractivity contribution in [2.24, 2.45) is 5.92 Å². The number of carbonyl (C=O) groups is 2. The number of aryl methyl sites for hydroxylation is 2. The Labute approximate surface area is 181 Å². The zero-order valence-electron chi connectivity index (χ0n) is 17.8. The number of aromatic nitrogens is 1. The summed E-state index contributed by atoms with van der Waals surface area (Å²) in [5.74, 6) is -0.630. The highest BCUT2D eigenvalue weighted by molar-refractivity contribution is 7.89. The summed E-state index contributed by atoms with van der Waals surface area (Å²) >= 11 is 0. The van der Waals surface area contributed by atoms with Crippen molar-refractivity contribution >= 4 is 27.7 Å². The van der Waals surface area contributed by atoms with Crippen molar-refractivity contribution in [1.29, 1.82) is 0 Å². The molecule has 2 aromatic rings. The maximum absolute atomic E-state index is 12.8. The molecule has 1 amide bonds. The van der Waals surface area contributed by atoms with E-state index in [1.54, 1.807) is 44.2 Å². The van der Waals surface area contributed by atoms with E-state index in [1.807, 2.05) is 6.92 Å². The standard InChI is InChI=1S/C21H27N3O6S/c1-4-18(20(25)22-19-13-15(3)30-23-19)29-21(26)16-9-11-24(12-10-16)31(27,28)17-7-5-14(2)6-8-17/h5-8,13,16,18H,4,9-12H2,1-3H3,(H,22,23,25). The van der Waals surface area contributed by atoms with Crippen LogP contribution in [0.5, 0.6) is 0 Å². The third kappa shape index (κ3) is 5.50. The van der Waals surface area contributed by atoms with Crippen molar-refractivity contribution in [3.63, 3.8) is 0 Å². The molecule has 2 heterocycles. The number of ether oxygens (including phenoxy) is 1. The van der Waals surface area contributed by atoms with Gasteiger partial charge in [-0.05, 0) is 45.2 Å². The highest BCUT2D eigenvalue weighted by atomic mass is 32.2. The molecule has 31 heavy (non-hydrogen) atoms. The lowest BCUT2D eigenvalue weighted by Gasteiger charge is -2.30. The molecule has 9 nitrogen and oxygen atoms in total. The minimum Gasteiger partial charge on any atom is -0.452 e. The SMILES string of the molecule is CCC(OC(=O)C1CCN(S(=O)(=O)c2ccc(C)cc2)CC1)C(=O)Nc1cc(C)on1. The second kappa shape index (κ2) is 9.61. The van der Waals surface area contributed by atoms with Crippen LogP contribution in [0.25, 0.3) is 0 Å². The molecule has 1 aliphatic heterocycles. The number of esters is 1. The lowest BCUT2D eigenvalue weighted by Crippen LogP contribution is -2.42. The minimum atomic E-state index is -3.60. The van der Waals surface area contributed by atoms with E-state index >= 15 is 0 Å². The van der Waals surface area contributed by atoms with E-state index < -0.39 is 33.9 Å². The number of rotatable bonds is 7. The van der Waals surface area contributed by atoms with Crippen molar-refractivity contribution < 1.29 is 27.3 Å². The second-order valence-electron chi connectivity index (χ2n) is 7.64. The molecule has 1 aromatic carbocycles. The van der Waals surface area contributed by atoms with Crippen molar-refractivity contribution in [1.82, 2.24) is 9.46 Å². The number of nitrogens with one attached hydrogen (secondary N) is 1. The van der Waals surface area contributed by atoms with Gasteiger partial charge in [0.15, 0.2) is 11.9 Å². The monoisotopic (exact) mass is 449 g/mol. The molecule has 1 aromatic heterocycles. The zero-order chi connectivity index (χ0) is 22.6. The summed E-state index contributed by atoms with van der Waals surface area (Å²) in [7, 11) is -3.60. The van der Waals surface area contributed by atoms with Crippen LogP contribution in [-0.2, 0) is 24.3 Å². The third-order valence-corrected chi connectivity index (χ3v) is 7.16. The molecular weight excluding hydrogens is 422 g/mol. The molecule has 1 saturated heterocycles. The van der Waals surface area contributed by atoms with Crippen LogP contribution in [0.3, 0.4) is 0 Å². The second-order valence-corrected chi connectivity index (χ2v) is 9.58. The molecule has 1 atom stereocenters. The molecule has 168 valence electrons. The summed E-state index contributed by atoms with van der Waals surface area (Å²) in [4.78, 5) is 25.2. The van der Waals surface area contributed by atoms with E-state index in [-0.39, 0.29) is 23.8 Å². The lowest BCUT2D eigenvalue weighted by molar-refractivity contribution is -0.159. The fourth-order valence-electron chi connectivity index (χ4n) is 3.38. The Morgan fingerprint density at radius 2 is 1.87 bits per heavy atom. The first-order valence-corrected chi connectivity index (χ1v) is 11.7. The molecule has 0 spiro atoms. The van der Waals surface area contributed by atoms with Crippen LogP contribution < -0.4 is 5.32 Å². The number of anilines is 1. The van der Waals surface area contributed by atoms with Crippen molar-refractivity contribution in [3.05, 3.63) is 41.7 Å². The molecule has 1 fully saturated rings. The average molecular weight is 450 g/mol. The summed E-state index contributed by atoms with van der Waals surface area (Å²) in [6.07, 6.45) is 0.0167. The van der Waals surface area contributed by atoms with Gasteiger partial charge in [0, 0.05) is 19.2 Å². The van der Waals surface area contributed by atoms with Gasteiger partial charge >= 0.3 is 5.97 Å². The molecule has 0 radical (unpaired) electrons. The van der Waals surface area contributed by atoms with Crippen LogP contribution in [0.4, 0.5) is 5.82 Å². The van der Waals surface area contributed by atoms with Crippen LogP contribution in [0.2, 0.25) is 0 Å². The first-order chi connectivity index (χ1) is 14.7. The molecule has 1 unspecified atom stereocenters. The smallest absolute Gasteiger partial charge is 0.309 e. The Balaban J connectivity index is 1.55. The molecule has 0 aliphatic carbocycles. The van der Waals surface area contributed by atoms with Gasteiger partial charge in [0.2, 0.25) is 10.0 Å². The first-order valence-electron chi connectivity index (χ1n) is 10.2. The predicted octanol–water partition coefficient (Wildman–Crippen LogP) is 2.65. The summed E-state index contributed by atoms with van der Waals surface area (Å²) in [6, 6.07) is 8.26. The van der Waals surface area contributed by atoms with Crippen LogP contribution in [0, 0.1) is 19.8 Å². The van der Waals surface area contributed by atoms with Crippen LogP contribution in [-0.4, -0.2) is 48.9 Å². The first kappa shape index (κ1) is 23.0. The predicted molar refractivity (Wildman–Crippen MR) is 113 cm³/mol. The van der Waals surface area contributed by atoms with Crippen molar-refractivity contribution in [2.75, 3.05) is 18.4 Å². The lowest BCUT2D eigenvalue weighted by atomic mass is 9.98. The fraction of sp³-hybridized carbons (Fsp3) is 0.476. The Kier molecular flexibility index (Phi) is 7.11. The normalized spacial score (nSPS) is 16.6. The largest absolute Gasteiger partial charge is 0.452 e. The fourth-order valence-corrected chi connectivity index (χ4v) is 4.85. The van der Waals surface area contributed by atoms with Crippen molar-refractivity contribution in [3.8, 4) is 0 Å². The number of amides is 1. The van der Waals surface area contributed by atoms with Crippen LogP contribution in [0.1, 0.15) is 37.5 Å². The van der Waals surface area contributed by atoms with Gasteiger partial charge in [-0.25, -0.2) is 8.42 Å². The minimum absolute atomic E-state index is 0.219. The summed E-state index contributed by atoms with van der Waals surface area (Å²) in [6.45, 7) is 5.77. The number of nitrogens with zero attached hydrogens (tertiary/aromatic N) is 2. The van der Waals surface area contributed by atoms with Gasteiger partial charge in [0.1, 0.15) is 5.76 Å². The molecule has 10 heteroatoms. The molecule has 3 rings (SSSR count). The van der Waals surface area contributed by atoms with Crippen LogP contribution >= 0.6 is 0 Å². The van der Waals surface area contributed by atoms with E-state index in [1.165, 1.54) is 4.31 Å². The maximum Gasteiger partial charge on any atom is 0.309 e. The highest BCUT2D eigenvalue weighted by Gasteiger charge is 2.34. The number of benzene rings is 1. The number of hydrogen-bond acceptors (Lipinski definition) is 7.